The second-order valence-corrected chi connectivity index (χ2v) is 3.95. The van der Waals surface area contributed by atoms with E-state index < -0.39 is 0 Å². The summed E-state index contributed by atoms with van der Waals surface area (Å²) < 4.78 is 13.1. The number of halogens is 2. The van der Waals surface area contributed by atoms with Gasteiger partial charge in [0.25, 0.3) is 5.91 Å². The Morgan fingerprint density at radius 3 is 2.87 bits per heavy atom. The van der Waals surface area contributed by atoms with Crippen LogP contribution in [0.25, 0.3) is 0 Å². The van der Waals surface area contributed by atoms with E-state index in [2.05, 4.69) is 5.32 Å². The third-order valence-electron chi connectivity index (χ3n) is 2.36. The zero-order chi connectivity index (χ0) is 10.8. The Labute approximate surface area is 92.4 Å². The third kappa shape index (κ3) is 2.48. The molecule has 0 atom stereocenters. The van der Waals surface area contributed by atoms with Gasteiger partial charge >= 0.3 is 0 Å². The average molecular weight is 228 g/mol. The fraction of sp³-hybridized carbons (Fsp3) is 0.364. The molecule has 1 amide bonds. The van der Waals surface area contributed by atoms with Crippen LogP contribution in [0.3, 0.4) is 0 Å². The summed E-state index contributed by atoms with van der Waals surface area (Å²) in [6.07, 6.45) is 2.07. The summed E-state index contributed by atoms with van der Waals surface area (Å²) in [5.41, 5.74) is 0.832. The molecule has 1 N–H and O–H groups in total. The molecule has 0 radical (unpaired) electrons. The molecule has 4 heteroatoms. The molecular formula is C11H11ClFNO. The fourth-order valence-corrected chi connectivity index (χ4v) is 1.52. The monoisotopic (exact) mass is 227 g/mol. The highest BCUT2D eigenvalue weighted by atomic mass is 35.5. The fourth-order valence-electron chi connectivity index (χ4n) is 1.31. The van der Waals surface area contributed by atoms with Crippen LogP contribution in [0.2, 0.25) is 0 Å². The van der Waals surface area contributed by atoms with E-state index in [9.17, 15) is 9.18 Å². The number of rotatable bonds is 3. The topological polar surface area (TPSA) is 29.1 Å². The molecule has 0 unspecified atom stereocenters. The van der Waals surface area contributed by atoms with Gasteiger partial charge in [0, 0.05) is 17.2 Å². The minimum Gasteiger partial charge on any atom is -0.349 e. The Kier molecular flexibility index (Phi) is 2.91. The van der Waals surface area contributed by atoms with Crippen molar-refractivity contribution in [2.24, 2.45) is 0 Å². The Morgan fingerprint density at radius 2 is 2.27 bits per heavy atom. The second kappa shape index (κ2) is 4.19. The summed E-state index contributed by atoms with van der Waals surface area (Å²) in [5, 5.41) is 2.84. The van der Waals surface area contributed by atoms with Crippen molar-refractivity contribution in [1.29, 1.82) is 0 Å². The number of amides is 1. The number of carbonyl (C=O) groups excluding carboxylic acids is 1. The number of alkyl halides is 1. The van der Waals surface area contributed by atoms with Gasteiger partial charge in [0.05, 0.1) is 5.88 Å². The Morgan fingerprint density at radius 1 is 1.53 bits per heavy atom. The lowest BCUT2D eigenvalue weighted by molar-refractivity contribution is 0.0951. The molecule has 0 spiro atoms. The van der Waals surface area contributed by atoms with Gasteiger partial charge in [0.15, 0.2) is 0 Å². The van der Waals surface area contributed by atoms with Crippen molar-refractivity contribution >= 4 is 17.5 Å². The molecule has 1 fully saturated rings. The van der Waals surface area contributed by atoms with Crippen molar-refractivity contribution in [1.82, 2.24) is 5.32 Å². The quantitative estimate of drug-likeness (QED) is 0.790. The Hall–Kier alpha value is -1.09. The summed E-state index contributed by atoms with van der Waals surface area (Å²) in [6, 6.07) is 4.56. The molecule has 1 aromatic carbocycles. The zero-order valence-corrected chi connectivity index (χ0v) is 8.85. The predicted molar refractivity (Wildman–Crippen MR) is 56.4 cm³/mol. The smallest absolute Gasteiger partial charge is 0.251 e. The summed E-state index contributed by atoms with van der Waals surface area (Å²) in [4.78, 5) is 11.6. The van der Waals surface area contributed by atoms with E-state index in [-0.39, 0.29) is 17.6 Å². The molecule has 0 saturated heterocycles. The standard InChI is InChI=1S/C11H11ClFNO/c12-6-8-5-7(1-4-10(8)13)11(15)14-9-2-3-9/h1,4-5,9H,2-3,6H2,(H,14,15). The van der Waals surface area contributed by atoms with E-state index in [0.717, 1.165) is 12.8 Å². The second-order valence-electron chi connectivity index (χ2n) is 3.69. The zero-order valence-electron chi connectivity index (χ0n) is 8.09. The van der Waals surface area contributed by atoms with Crippen molar-refractivity contribution in [3.05, 3.63) is 35.1 Å². The number of hydrogen-bond acceptors (Lipinski definition) is 1. The van der Waals surface area contributed by atoms with Gasteiger partial charge in [0.2, 0.25) is 0 Å². The maximum absolute atomic E-state index is 13.1. The maximum Gasteiger partial charge on any atom is 0.251 e. The van der Waals surface area contributed by atoms with Crippen molar-refractivity contribution in [2.45, 2.75) is 24.8 Å². The van der Waals surface area contributed by atoms with Gasteiger partial charge in [0.1, 0.15) is 5.82 Å². The minimum absolute atomic E-state index is 0.0797. The number of carbonyl (C=O) groups is 1. The van der Waals surface area contributed by atoms with E-state index in [1.165, 1.54) is 18.2 Å². The predicted octanol–water partition coefficient (Wildman–Crippen LogP) is 2.46. The highest BCUT2D eigenvalue weighted by Crippen LogP contribution is 2.20. The molecule has 15 heavy (non-hydrogen) atoms. The average Bonchev–Trinajstić information content (AvgIpc) is 3.02. The molecule has 2 rings (SSSR count). The normalized spacial score (nSPS) is 15.1. The minimum atomic E-state index is -0.368. The van der Waals surface area contributed by atoms with Gasteiger partial charge in [-0.05, 0) is 31.0 Å². The van der Waals surface area contributed by atoms with Crippen molar-refractivity contribution in [3.63, 3.8) is 0 Å². The largest absolute Gasteiger partial charge is 0.349 e. The van der Waals surface area contributed by atoms with Gasteiger partial charge in [-0.2, -0.15) is 0 Å². The molecule has 0 aromatic heterocycles. The van der Waals surface area contributed by atoms with E-state index in [1.807, 2.05) is 0 Å². The first kappa shape index (κ1) is 10.4. The summed E-state index contributed by atoms with van der Waals surface area (Å²) >= 11 is 5.56. The van der Waals surface area contributed by atoms with Crippen LogP contribution in [0.5, 0.6) is 0 Å². The van der Waals surface area contributed by atoms with Crippen molar-refractivity contribution < 1.29 is 9.18 Å². The molecular weight excluding hydrogens is 217 g/mol. The Bertz CT molecular complexity index is 390. The summed E-state index contributed by atoms with van der Waals surface area (Å²) in [6.45, 7) is 0. The van der Waals surface area contributed by atoms with E-state index >= 15 is 0 Å². The SMILES string of the molecule is O=C(NC1CC1)c1ccc(F)c(CCl)c1. The lowest BCUT2D eigenvalue weighted by Gasteiger charge is -2.05. The van der Waals surface area contributed by atoms with Gasteiger partial charge in [-0.15, -0.1) is 11.6 Å². The number of hydrogen-bond donors (Lipinski definition) is 1. The molecule has 1 aliphatic carbocycles. The van der Waals surface area contributed by atoms with Crippen LogP contribution in [0.4, 0.5) is 4.39 Å². The molecule has 0 heterocycles. The van der Waals surface area contributed by atoms with Crippen LogP contribution in [0, 0.1) is 5.82 Å². The highest BCUT2D eigenvalue weighted by molar-refractivity contribution is 6.17. The summed E-state index contributed by atoms with van der Waals surface area (Å²) in [5.74, 6) is -0.437. The van der Waals surface area contributed by atoms with Crippen LogP contribution < -0.4 is 5.32 Å². The van der Waals surface area contributed by atoms with Gasteiger partial charge in [-0.3, -0.25) is 4.79 Å². The van der Waals surface area contributed by atoms with Crippen LogP contribution in [0.15, 0.2) is 18.2 Å². The lowest BCUT2D eigenvalue weighted by atomic mass is 10.1. The molecule has 0 aliphatic heterocycles. The van der Waals surface area contributed by atoms with Crippen LogP contribution in [-0.4, -0.2) is 11.9 Å². The summed E-state index contributed by atoms with van der Waals surface area (Å²) in [7, 11) is 0. The van der Waals surface area contributed by atoms with E-state index in [0.29, 0.717) is 17.2 Å². The Balaban J connectivity index is 2.16. The van der Waals surface area contributed by atoms with Crippen LogP contribution in [0.1, 0.15) is 28.8 Å². The van der Waals surface area contributed by atoms with Gasteiger partial charge in [-0.25, -0.2) is 4.39 Å². The van der Waals surface area contributed by atoms with Crippen LogP contribution >= 0.6 is 11.6 Å². The molecule has 1 aliphatic rings. The maximum atomic E-state index is 13.1. The molecule has 1 aromatic rings. The first-order valence-electron chi connectivity index (χ1n) is 4.86. The van der Waals surface area contributed by atoms with E-state index in [4.69, 9.17) is 11.6 Å². The molecule has 80 valence electrons. The highest BCUT2D eigenvalue weighted by Gasteiger charge is 2.23. The van der Waals surface area contributed by atoms with Crippen LogP contribution in [-0.2, 0) is 5.88 Å². The molecule has 2 nitrogen and oxygen atoms in total. The van der Waals surface area contributed by atoms with Crippen molar-refractivity contribution in [2.75, 3.05) is 0 Å². The van der Waals surface area contributed by atoms with Gasteiger partial charge in [-0.1, -0.05) is 0 Å². The van der Waals surface area contributed by atoms with Crippen molar-refractivity contribution in [3.8, 4) is 0 Å². The third-order valence-corrected chi connectivity index (χ3v) is 2.65. The lowest BCUT2D eigenvalue weighted by Crippen LogP contribution is -2.25. The number of nitrogens with one attached hydrogen (secondary N) is 1. The molecule has 0 bridgehead atoms. The molecule has 1 saturated carbocycles. The first-order chi connectivity index (χ1) is 7.20. The van der Waals surface area contributed by atoms with Gasteiger partial charge < -0.3 is 5.32 Å². The number of benzene rings is 1. The van der Waals surface area contributed by atoms with E-state index in [1.54, 1.807) is 0 Å². The first-order valence-corrected chi connectivity index (χ1v) is 5.39.